The number of halogens is 1. The van der Waals surface area contributed by atoms with Crippen molar-refractivity contribution >= 4 is 39.1 Å². The van der Waals surface area contributed by atoms with Gasteiger partial charge >= 0.3 is 0 Å². The first-order chi connectivity index (χ1) is 19.1. The number of fused-ring (bicyclic) bond motifs is 1. The summed E-state index contributed by atoms with van der Waals surface area (Å²) < 4.78 is 37.8. The number of sulfonamides is 1. The zero-order valence-corrected chi connectivity index (χ0v) is 24.7. The highest BCUT2D eigenvalue weighted by atomic mass is 35.5. The predicted molar refractivity (Wildman–Crippen MR) is 155 cm³/mol. The van der Waals surface area contributed by atoms with Crippen LogP contribution in [0.5, 0.6) is 11.5 Å². The van der Waals surface area contributed by atoms with Crippen LogP contribution in [-0.2, 0) is 26.2 Å². The lowest BCUT2D eigenvalue weighted by molar-refractivity contribution is -0.141. The molecule has 2 aromatic carbocycles. The summed E-state index contributed by atoms with van der Waals surface area (Å²) in [6.07, 6.45) is 6.68. The first-order valence-corrected chi connectivity index (χ1v) is 16.1. The molecule has 0 saturated heterocycles. The highest BCUT2D eigenvalue weighted by molar-refractivity contribution is 7.92. The first-order valence-electron chi connectivity index (χ1n) is 13.8. The van der Waals surface area contributed by atoms with E-state index in [1.165, 1.54) is 15.6 Å². The van der Waals surface area contributed by atoms with Gasteiger partial charge in [-0.3, -0.25) is 13.9 Å². The number of hydrogen-bond acceptors (Lipinski definition) is 6. The zero-order valence-electron chi connectivity index (χ0n) is 23.1. The van der Waals surface area contributed by atoms with Gasteiger partial charge in [0, 0.05) is 36.6 Å². The molecule has 4 rings (SSSR count). The van der Waals surface area contributed by atoms with Gasteiger partial charge in [0.05, 0.1) is 11.9 Å². The number of rotatable bonds is 11. The van der Waals surface area contributed by atoms with E-state index in [0.717, 1.165) is 37.5 Å². The fourth-order valence-electron chi connectivity index (χ4n) is 5.15. The second-order valence-corrected chi connectivity index (χ2v) is 12.7. The molecule has 2 amide bonds. The van der Waals surface area contributed by atoms with Crippen LogP contribution in [0.15, 0.2) is 42.5 Å². The van der Waals surface area contributed by atoms with E-state index >= 15 is 0 Å². The molecule has 1 aliphatic carbocycles. The Morgan fingerprint density at radius 1 is 1.05 bits per heavy atom. The van der Waals surface area contributed by atoms with Crippen molar-refractivity contribution in [3.8, 4) is 11.5 Å². The molecule has 11 heteroatoms. The molecule has 1 heterocycles. The van der Waals surface area contributed by atoms with E-state index in [9.17, 15) is 18.0 Å². The normalized spacial score (nSPS) is 16.2. The van der Waals surface area contributed by atoms with E-state index in [1.807, 2.05) is 18.2 Å². The highest BCUT2D eigenvalue weighted by Crippen LogP contribution is 2.35. The SMILES string of the molecule is C[C@@H](C(=O)NC1CCCCC1)N(Cc1ccccc1Cl)C(=O)CCCN(c1ccc2c(c1)OCCO2)S(C)(=O)=O. The number of nitrogens with zero attached hydrogens (tertiary/aromatic N) is 2. The monoisotopic (exact) mass is 591 g/mol. The lowest BCUT2D eigenvalue weighted by Gasteiger charge is -2.32. The van der Waals surface area contributed by atoms with Crippen LogP contribution in [-0.4, -0.2) is 63.2 Å². The highest BCUT2D eigenvalue weighted by Gasteiger charge is 2.29. The zero-order chi connectivity index (χ0) is 28.7. The van der Waals surface area contributed by atoms with Crippen molar-refractivity contribution in [1.82, 2.24) is 10.2 Å². The summed E-state index contributed by atoms with van der Waals surface area (Å²) in [5.41, 5.74) is 1.18. The van der Waals surface area contributed by atoms with Gasteiger partial charge in [0.25, 0.3) is 0 Å². The minimum absolute atomic E-state index is 0.0576. The fraction of sp³-hybridized carbons (Fsp3) is 0.517. The van der Waals surface area contributed by atoms with Crippen LogP contribution < -0.4 is 19.1 Å². The van der Waals surface area contributed by atoms with Gasteiger partial charge in [0.1, 0.15) is 19.3 Å². The summed E-state index contributed by atoms with van der Waals surface area (Å²) in [6, 6.07) is 11.6. The van der Waals surface area contributed by atoms with Gasteiger partial charge in [-0.25, -0.2) is 8.42 Å². The Balaban J connectivity index is 1.46. The van der Waals surface area contributed by atoms with Crippen molar-refractivity contribution in [2.45, 2.75) is 70.5 Å². The van der Waals surface area contributed by atoms with E-state index in [4.69, 9.17) is 21.1 Å². The molecular formula is C29H38ClN3O6S. The molecule has 218 valence electrons. The lowest BCUT2D eigenvalue weighted by Crippen LogP contribution is -2.50. The number of anilines is 1. The summed E-state index contributed by atoms with van der Waals surface area (Å²) in [6.45, 7) is 2.82. The summed E-state index contributed by atoms with van der Waals surface area (Å²) in [5.74, 6) is 0.606. The molecule has 0 bridgehead atoms. The van der Waals surface area contributed by atoms with Gasteiger partial charge in [-0.1, -0.05) is 49.1 Å². The van der Waals surface area contributed by atoms with Crippen LogP contribution in [0.3, 0.4) is 0 Å². The maximum Gasteiger partial charge on any atom is 0.242 e. The molecule has 1 N–H and O–H groups in total. The van der Waals surface area contributed by atoms with Gasteiger partial charge in [0.2, 0.25) is 21.8 Å². The van der Waals surface area contributed by atoms with E-state index in [0.29, 0.717) is 35.4 Å². The molecule has 40 heavy (non-hydrogen) atoms. The Morgan fingerprint density at radius 3 is 2.45 bits per heavy atom. The molecule has 0 radical (unpaired) electrons. The van der Waals surface area contributed by atoms with Crippen LogP contribution in [0.4, 0.5) is 5.69 Å². The molecule has 1 fully saturated rings. The Labute approximate surface area is 241 Å². The summed E-state index contributed by atoms with van der Waals surface area (Å²) >= 11 is 6.40. The van der Waals surface area contributed by atoms with Crippen molar-refractivity contribution in [2.75, 3.05) is 30.3 Å². The topological polar surface area (TPSA) is 105 Å². The third-order valence-electron chi connectivity index (χ3n) is 7.38. The molecule has 0 unspecified atom stereocenters. The first kappa shape index (κ1) is 30.0. The standard InChI is InChI=1S/C29H38ClN3O6S/c1-21(29(35)31-23-10-4-3-5-11-23)32(20-22-9-6-7-12-25(22)30)28(34)13-8-16-33(40(2,36)37)24-14-15-26-27(19-24)39-18-17-38-26/h6-7,9,12,14-15,19,21,23H,3-5,8,10-11,13,16-18,20H2,1-2H3,(H,31,35)/t21-/m0/s1. The van der Waals surface area contributed by atoms with Gasteiger partial charge in [-0.2, -0.15) is 0 Å². The van der Waals surface area contributed by atoms with Crippen molar-refractivity contribution in [1.29, 1.82) is 0 Å². The number of carbonyl (C=O) groups is 2. The Morgan fingerprint density at radius 2 is 1.75 bits per heavy atom. The van der Waals surface area contributed by atoms with Crippen LogP contribution in [0.25, 0.3) is 0 Å². The summed E-state index contributed by atoms with van der Waals surface area (Å²) in [5, 5.41) is 3.64. The van der Waals surface area contributed by atoms with E-state index in [1.54, 1.807) is 31.2 Å². The molecular weight excluding hydrogens is 554 g/mol. The molecule has 2 aromatic rings. The number of nitrogens with one attached hydrogen (secondary N) is 1. The molecule has 0 aromatic heterocycles. The summed E-state index contributed by atoms with van der Waals surface area (Å²) in [7, 11) is -3.63. The average molecular weight is 592 g/mol. The van der Waals surface area contributed by atoms with Crippen LogP contribution >= 0.6 is 11.6 Å². The smallest absolute Gasteiger partial charge is 0.242 e. The van der Waals surface area contributed by atoms with E-state index in [2.05, 4.69) is 5.32 Å². The number of amides is 2. The second-order valence-electron chi connectivity index (χ2n) is 10.4. The number of ether oxygens (including phenoxy) is 2. The quantitative estimate of drug-likeness (QED) is 0.412. The molecule has 1 saturated carbocycles. The summed E-state index contributed by atoms with van der Waals surface area (Å²) in [4.78, 5) is 28.3. The van der Waals surface area contributed by atoms with E-state index in [-0.39, 0.29) is 43.8 Å². The average Bonchev–Trinajstić information content (AvgIpc) is 2.94. The van der Waals surface area contributed by atoms with Crippen LogP contribution in [0, 0.1) is 0 Å². The number of hydrogen-bond donors (Lipinski definition) is 1. The minimum Gasteiger partial charge on any atom is -0.486 e. The number of carbonyl (C=O) groups excluding carboxylic acids is 2. The minimum atomic E-state index is -3.63. The fourth-order valence-corrected chi connectivity index (χ4v) is 6.31. The number of benzene rings is 2. The Bertz CT molecular complexity index is 1300. The van der Waals surface area contributed by atoms with Crippen LogP contribution in [0.1, 0.15) is 57.4 Å². The van der Waals surface area contributed by atoms with Crippen molar-refractivity contribution in [3.63, 3.8) is 0 Å². The Hall–Kier alpha value is -2.98. The molecule has 9 nitrogen and oxygen atoms in total. The van der Waals surface area contributed by atoms with E-state index < -0.39 is 16.1 Å². The second kappa shape index (κ2) is 13.6. The maximum absolute atomic E-state index is 13.6. The molecule has 0 spiro atoms. The third-order valence-corrected chi connectivity index (χ3v) is 8.95. The van der Waals surface area contributed by atoms with Gasteiger partial charge in [0.15, 0.2) is 11.5 Å². The van der Waals surface area contributed by atoms with Crippen molar-refractivity contribution in [2.24, 2.45) is 0 Å². The Kier molecular flexibility index (Phi) is 10.2. The van der Waals surface area contributed by atoms with Gasteiger partial charge in [-0.05, 0) is 49.9 Å². The van der Waals surface area contributed by atoms with Crippen molar-refractivity contribution < 1.29 is 27.5 Å². The maximum atomic E-state index is 13.6. The lowest BCUT2D eigenvalue weighted by atomic mass is 9.95. The van der Waals surface area contributed by atoms with Gasteiger partial charge in [-0.15, -0.1) is 0 Å². The predicted octanol–water partition coefficient (Wildman–Crippen LogP) is 4.52. The van der Waals surface area contributed by atoms with Gasteiger partial charge < -0.3 is 19.7 Å². The van der Waals surface area contributed by atoms with Crippen molar-refractivity contribution in [3.05, 3.63) is 53.1 Å². The third kappa shape index (κ3) is 7.81. The molecule has 2 aliphatic rings. The molecule has 1 atom stereocenters. The molecule has 1 aliphatic heterocycles. The van der Waals surface area contributed by atoms with Crippen LogP contribution in [0.2, 0.25) is 5.02 Å². The largest absolute Gasteiger partial charge is 0.486 e.